The Hall–Kier alpha value is -2.12. The van der Waals surface area contributed by atoms with Gasteiger partial charge in [-0.2, -0.15) is 0 Å². The highest BCUT2D eigenvalue weighted by atomic mass is 16.3. The van der Waals surface area contributed by atoms with Crippen LogP contribution in [0.1, 0.15) is 38.8 Å². The smallest absolute Gasteiger partial charge is 0.140 e. The molecular weight excluding hydrogens is 268 g/mol. The van der Waals surface area contributed by atoms with Gasteiger partial charge in [-0.05, 0) is 44.4 Å². The van der Waals surface area contributed by atoms with E-state index in [0.29, 0.717) is 0 Å². The van der Waals surface area contributed by atoms with Crippen molar-refractivity contribution in [2.24, 2.45) is 0 Å². The fourth-order valence-corrected chi connectivity index (χ4v) is 2.74. The molecule has 1 nitrogen and oxygen atoms in total. The molecule has 0 bridgehead atoms. The Labute approximate surface area is 133 Å². The van der Waals surface area contributed by atoms with Crippen molar-refractivity contribution in [3.63, 3.8) is 0 Å². The third kappa shape index (κ3) is 3.20. The molecule has 0 radical (unpaired) electrons. The first-order chi connectivity index (χ1) is 10.5. The molecule has 0 heterocycles. The number of aliphatic hydroxyl groups is 1. The monoisotopic (exact) mass is 292 g/mol. The molecule has 0 saturated carbocycles. The van der Waals surface area contributed by atoms with Crippen LogP contribution in [0.5, 0.6) is 0 Å². The molecule has 2 rings (SSSR count). The summed E-state index contributed by atoms with van der Waals surface area (Å²) in [6.45, 7) is 8.20. The topological polar surface area (TPSA) is 20.2 Å². The molecule has 0 aliphatic heterocycles. The first-order valence-electron chi connectivity index (χ1n) is 7.62. The molecule has 0 aliphatic rings. The maximum atomic E-state index is 11.7. The Morgan fingerprint density at radius 1 is 0.773 bits per heavy atom. The molecule has 0 unspecified atom stereocenters. The van der Waals surface area contributed by atoms with Crippen LogP contribution in [0.2, 0.25) is 0 Å². The van der Waals surface area contributed by atoms with Gasteiger partial charge in [-0.1, -0.05) is 77.9 Å². The van der Waals surface area contributed by atoms with Gasteiger partial charge in [-0.3, -0.25) is 0 Å². The van der Waals surface area contributed by atoms with E-state index in [9.17, 15) is 5.11 Å². The average Bonchev–Trinajstić information content (AvgIpc) is 2.53. The van der Waals surface area contributed by atoms with Crippen LogP contribution in [0.4, 0.5) is 0 Å². The largest absolute Gasteiger partial charge is 0.376 e. The highest BCUT2D eigenvalue weighted by Gasteiger charge is 2.35. The molecule has 0 atom stereocenters. The van der Waals surface area contributed by atoms with Gasteiger partial charge in [0.05, 0.1) is 0 Å². The predicted molar refractivity (Wildman–Crippen MR) is 93.7 cm³/mol. The van der Waals surface area contributed by atoms with Crippen molar-refractivity contribution in [2.45, 2.75) is 33.3 Å². The first kappa shape index (κ1) is 16.3. The van der Waals surface area contributed by atoms with E-state index in [2.05, 4.69) is 19.9 Å². The molecule has 1 heteroatoms. The van der Waals surface area contributed by atoms with Gasteiger partial charge in [0.15, 0.2) is 0 Å². The number of hydrogen-bond donors (Lipinski definition) is 1. The zero-order valence-corrected chi connectivity index (χ0v) is 13.8. The van der Waals surface area contributed by atoms with E-state index in [4.69, 9.17) is 0 Å². The molecule has 0 fully saturated rings. The average molecular weight is 292 g/mol. The molecular formula is C21H24O. The van der Waals surface area contributed by atoms with Crippen LogP contribution >= 0.6 is 0 Å². The van der Waals surface area contributed by atoms with E-state index in [1.165, 1.54) is 5.57 Å². The van der Waals surface area contributed by atoms with Gasteiger partial charge >= 0.3 is 0 Å². The van der Waals surface area contributed by atoms with E-state index >= 15 is 0 Å². The molecule has 0 amide bonds. The van der Waals surface area contributed by atoms with Gasteiger partial charge < -0.3 is 5.11 Å². The lowest BCUT2D eigenvalue weighted by atomic mass is 9.77. The normalized spacial score (nSPS) is 11.0. The fraction of sp³-hybridized carbons (Fsp3) is 0.238. The minimum atomic E-state index is -1.14. The van der Waals surface area contributed by atoms with Gasteiger partial charge in [0.25, 0.3) is 0 Å². The van der Waals surface area contributed by atoms with Crippen molar-refractivity contribution in [1.82, 2.24) is 0 Å². The van der Waals surface area contributed by atoms with Gasteiger partial charge in [0.1, 0.15) is 5.60 Å². The molecule has 0 aromatic heterocycles. The Balaban J connectivity index is 2.77. The summed E-state index contributed by atoms with van der Waals surface area (Å²) in [5.74, 6) is 0. The summed E-state index contributed by atoms with van der Waals surface area (Å²) >= 11 is 0. The van der Waals surface area contributed by atoms with Gasteiger partial charge in [-0.25, -0.2) is 0 Å². The second-order valence-corrected chi connectivity index (χ2v) is 6.08. The molecule has 114 valence electrons. The van der Waals surface area contributed by atoms with Crippen LogP contribution in [0.25, 0.3) is 0 Å². The Bertz CT molecular complexity index is 631. The Morgan fingerprint density at radius 2 is 1.18 bits per heavy atom. The first-order valence-corrected chi connectivity index (χ1v) is 7.62. The third-order valence-corrected chi connectivity index (χ3v) is 3.74. The summed E-state index contributed by atoms with van der Waals surface area (Å²) in [6.07, 6.45) is 2.08. The summed E-state index contributed by atoms with van der Waals surface area (Å²) in [6, 6.07) is 19.7. The fourth-order valence-electron chi connectivity index (χ4n) is 2.74. The molecule has 0 saturated heterocycles. The van der Waals surface area contributed by atoms with Crippen molar-refractivity contribution in [2.75, 3.05) is 0 Å². The van der Waals surface area contributed by atoms with Gasteiger partial charge in [0, 0.05) is 0 Å². The summed E-state index contributed by atoms with van der Waals surface area (Å²) < 4.78 is 0. The van der Waals surface area contributed by atoms with Crippen molar-refractivity contribution in [3.05, 3.63) is 94.6 Å². The standard InChI is InChI=1S/C21H24O/c1-16(2)15-20(17(3)4)21(22,18-11-7-5-8-12-18)19-13-9-6-10-14-19/h5-15,22H,1-4H3. The molecule has 0 spiro atoms. The predicted octanol–water partition coefficient (Wildman–Crippen LogP) is 5.23. The summed E-state index contributed by atoms with van der Waals surface area (Å²) in [4.78, 5) is 0. The van der Waals surface area contributed by atoms with Crippen LogP contribution in [-0.4, -0.2) is 5.11 Å². The molecule has 0 aliphatic carbocycles. The summed E-state index contributed by atoms with van der Waals surface area (Å²) in [5.41, 5.74) is 3.84. The van der Waals surface area contributed by atoms with E-state index < -0.39 is 5.60 Å². The van der Waals surface area contributed by atoms with Crippen LogP contribution in [-0.2, 0) is 5.60 Å². The maximum Gasteiger partial charge on any atom is 0.140 e. The lowest BCUT2D eigenvalue weighted by Gasteiger charge is -2.32. The summed E-state index contributed by atoms with van der Waals surface area (Å²) in [7, 11) is 0. The Morgan fingerprint density at radius 3 is 1.50 bits per heavy atom. The number of allylic oxidation sites excluding steroid dienone is 2. The molecule has 22 heavy (non-hydrogen) atoms. The molecule has 2 aromatic carbocycles. The van der Waals surface area contributed by atoms with E-state index in [1.807, 2.05) is 74.5 Å². The van der Waals surface area contributed by atoms with Gasteiger partial charge in [0.2, 0.25) is 0 Å². The highest BCUT2D eigenvalue weighted by molar-refractivity contribution is 5.50. The van der Waals surface area contributed by atoms with Crippen LogP contribution in [0.15, 0.2) is 83.5 Å². The van der Waals surface area contributed by atoms with Crippen molar-refractivity contribution < 1.29 is 5.11 Å². The minimum absolute atomic E-state index is 0.884. The van der Waals surface area contributed by atoms with Crippen molar-refractivity contribution >= 4 is 0 Å². The second kappa shape index (κ2) is 6.76. The van der Waals surface area contributed by atoms with Gasteiger partial charge in [-0.15, -0.1) is 0 Å². The maximum absolute atomic E-state index is 11.7. The van der Waals surface area contributed by atoms with Crippen molar-refractivity contribution in [1.29, 1.82) is 0 Å². The number of benzene rings is 2. The number of hydrogen-bond acceptors (Lipinski definition) is 1. The third-order valence-electron chi connectivity index (χ3n) is 3.74. The molecule has 2 aromatic rings. The van der Waals surface area contributed by atoms with E-state index in [0.717, 1.165) is 22.3 Å². The number of rotatable bonds is 4. The molecule has 1 N–H and O–H groups in total. The lowest BCUT2D eigenvalue weighted by molar-refractivity contribution is 0.123. The summed E-state index contributed by atoms with van der Waals surface area (Å²) in [5, 5.41) is 11.7. The zero-order chi connectivity index (χ0) is 16.2. The van der Waals surface area contributed by atoms with E-state index in [1.54, 1.807) is 0 Å². The van der Waals surface area contributed by atoms with Crippen LogP contribution in [0.3, 0.4) is 0 Å². The second-order valence-electron chi connectivity index (χ2n) is 6.08. The Kier molecular flexibility index (Phi) is 4.99. The van der Waals surface area contributed by atoms with E-state index in [-0.39, 0.29) is 0 Å². The van der Waals surface area contributed by atoms with Crippen LogP contribution in [0, 0.1) is 0 Å². The quantitative estimate of drug-likeness (QED) is 0.765. The highest BCUT2D eigenvalue weighted by Crippen LogP contribution is 2.39. The van der Waals surface area contributed by atoms with Crippen LogP contribution < -0.4 is 0 Å². The zero-order valence-electron chi connectivity index (χ0n) is 13.8. The van der Waals surface area contributed by atoms with Crippen molar-refractivity contribution in [3.8, 4) is 0 Å². The SMILES string of the molecule is CC(C)=CC(=C(C)C)C(O)(c1ccccc1)c1ccccc1. The lowest BCUT2D eigenvalue weighted by Crippen LogP contribution is -2.30. The minimum Gasteiger partial charge on any atom is -0.376 e.